The van der Waals surface area contributed by atoms with Crippen molar-refractivity contribution in [2.75, 3.05) is 61.8 Å². The van der Waals surface area contributed by atoms with E-state index in [-0.39, 0.29) is 11.8 Å². The highest BCUT2D eigenvalue weighted by atomic mass is 32.2. The molecule has 33 heavy (non-hydrogen) atoms. The number of aromatic nitrogens is 1. The van der Waals surface area contributed by atoms with Crippen LogP contribution in [0.25, 0.3) is 0 Å². The van der Waals surface area contributed by atoms with Gasteiger partial charge in [0.25, 0.3) is 5.91 Å². The summed E-state index contributed by atoms with van der Waals surface area (Å²) in [6.45, 7) is 6.69. The average molecular weight is 466 g/mol. The van der Waals surface area contributed by atoms with Gasteiger partial charge in [0.05, 0.1) is 5.69 Å². The summed E-state index contributed by atoms with van der Waals surface area (Å²) in [7, 11) is 0. The van der Waals surface area contributed by atoms with Crippen LogP contribution in [0.1, 0.15) is 29.6 Å². The molecule has 0 radical (unpaired) electrons. The molecule has 8 heteroatoms. The third kappa shape index (κ3) is 5.33. The first-order valence-electron chi connectivity index (χ1n) is 11.9. The maximum Gasteiger partial charge on any atom is 0.253 e. The molecule has 1 aromatic carbocycles. The van der Waals surface area contributed by atoms with Gasteiger partial charge in [0.1, 0.15) is 5.82 Å². The van der Waals surface area contributed by atoms with Crippen LogP contribution >= 0.6 is 11.8 Å². The molecule has 2 saturated heterocycles. The Bertz CT molecular complexity index is 994. The van der Waals surface area contributed by atoms with Crippen molar-refractivity contribution in [1.29, 1.82) is 0 Å². The molecule has 0 bridgehead atoms. The van der Waals surface area contributed by atoms with E-state index in [1.54, 1.807) is 11.8 Å². The highest BCUT2D eigenvalue weighted by Crippen LogP contribution is 2.32. The number of hydrogen-bond acceptors (Lipinski definition) is 6. The van der Waals surface area contributed by atoms with E-state index in [2.05, 4.69) is 26.2 Å². The van der Waals surface area contributed by atoms with Crippen LogP contribution in [0.4, 0.5) is 11.5 Å². The topological polar surface area (TPSA) is 68.8 Å². The third-order valence-electron chi connectivity index (χ3n) is 6.76. The number of amides is 2. The predicted molar refractivity (Wildman–Crippen MR) is 132 cm³/mol. The van der Waals surface area contributed by atoms with Gasteiger partial charge in [-0.25, -0.2) is 4.98 Å². The molecule has 2 fully saturated rings. The molecule has 3 aliphatic heterocycles. The zero-order valence-electron chi connectivity index (χ0n) is 18.9. The standard InChI is InChI=1S/C25H31N5O2S/c31-24-8-15-33-22-7-6-20(16-21(22)27-24)25(32)30-10-3-4-19(18-30)17-28-11-13-29(14-12-28)23-5-1-2-9-26-23/h1-2,5-7,9,16,19H,3-4,8,10-15,17-18H2,(H,27,31). The van der Waals surface area contributed by atoms with Crippen LogP contribution < -0.4 is 10.2 Å². The molecular weight excluding hydrogens is 434 g/mol. The Kier molecular flexibility index (Phi) is 6.83. The summed E-state index contributed by atoms with van der Waals surface area (Å²) in [5.74, 6) is 2.43. The molecule has 5 rings (SSSR count). The van der Waals surface area contributed by atoms with Crippen LogP contribution in [0, 0.1) is 5.92 Å². The molecule has 3 aliphatic rings. The Labute approximate surface area is 199 Å². The van der Waals surface area contributed by atoms with Crippen LogP contribution in [0.3, 0.4) is 0 Å². The maximum absolute atomic E-state index is 13.3. The molecule has 4 heterocycles. The lowest BCUT2D eigenvalue weighted by atomic mass is 9.96. The highest BCUT2D eigenvalue weighted by Gasteiger charge is 2.28. The largest absolute Gasteiger partial charge is 0.354 e. The van der Waals surface area contributed by atoms with E-state index in [9.17, 15) is 9.59 Å². The number of rotatable bonds is 4. The predicted octanol–water partition coefficient (Wildman–Crippen LogP) is 3.19. The zero-order chi connectivity index (χ0) is 22.6. The molecule has 1 atom stereocenters. The van der Waals surface area contributed by atoms with Gasteiger partial charge in [-0.3, -0.25) is 14.5 Å². The Balaban J connectivity index is 1.17. The van der Waals surface area contributed by atoms with Crippen molar-refractivity contribution in [3.63, 3.8) is 0 Å². The number of carbonyl (C=O) groups excluding carboxylic acids is 2. The average Bonchev–Trinajstić information content (AvgIpc) is 3.04. The molecule has 174 valence electrons. The van der Waals surface area contributed by atoms with Gasteiger partial charge >= 0.3 is 0 Å². The minimum absolute atomic E-state index is 0.0204. The number of piperidine rings is 1. The second-order valence-corrected chi connectivity index (χ2v) is 10.2. The molecule has 7 nitrogen and oxygen atoms in total. The Morgan fingerprint density at radius 3 is 2.82 bits per heavy atom. The van der Waals surface area contributed by atoms with E-state index in [0.717, 1.165) is 74.4 Å². The Morgan fingerprint density at radius 2 is 2.00 bits per heavy atom. The number of likely N-dealkylation sites (tertiary alicyclic amines) is 1. The molecule has 0 aliphatic carbocycles. The SMILES string of the molecule is O=C1CCSc2ccc(C(=O)N3CCCC(CN4CCN(c5ccccn5)CC4)C3)cc2N1. The highest BCUT2D eigenvalue weighted by molar-refractivity contribution is 7.99. The van der Waals surface area contributed by atoms with Crippen molar-refractivity contribution < 1.29 is 9.59 Å². The van der Waals surface area contributed by atoms with Crippen LogP contribution in [-0.2, 0) is 4.79 Å². The number of carbonyl (C=O) groups is 2. The van der Waals surface area contributed by atoms with Crippen molar-refractivity contribution in [2.45, 2.75) is 24.2 Å². The summed E-state index contributed by atoms with van der Waals surface area (Å²) < 4.78 is 0. The summed E-state index contributed by atoms with van der Waals surface area (Å²) in [6, 6.07) is 11.8. The van der Waals surface area contributed by atoms with E-state index in [0.29, 0.717) is 17.9 Å². The van der Waals surface area contributed by atoms with Gasteiger partial charge in [-0.15, -0.1) is 11.8 Å². The summed E-state index contributed by atoms with van der Waals surface area (Å²) in [5.41, 5.74) is 1.44. The van der Waals surface area contributed by atoms with Gasteiger partial charge in [-0.1, -0.05) is 6.07 Å². The van der Waals surface area contributed by atoms with Crippen LogP contribution in [0.15, 0.2) is 47.5 Å². The summed E-state index contributed by atoms with van der Waals surface area (Å²) >= 11 is 1.67. The van der Waals surface area contributed by atoms with E-state index in [4.69, 9.17) is 0 Å². The van der Waals surface area contributed by atoms with E-state index < -0.39 is 0 Å². The quantitative estimate of drug-likeness (QED) is 0.748. The first-order valence-corrected chi connectivity index (χ1v) is 12.9. The molecule has 1 aromatic heterocycles. The molecule has 0 spiro atoms. The number of anilines is 2. The van der Waals surface area contributed by atoms with Gasteiger partial charge < -0.3 is 15.1 Å². The van der Waals surface area contributed by atoms with Crippen molar-refractivity contribution in [2.24, 2.45) is 5.92 Å². The summed E-state index contributed by atoms with van der Waals surface area (Å²) in [6.07, 6.45) is 4.57. The van der Waals surface area contributed by atoms with Gasteiger partial charge in [0.2, 0.25) is 5.91 Å². The van der Waals surface area contributed by atoms with Gasteiger partial charge in [-0.2, -0.15) is 0 Å². The number of benzene rings is 1. The maximum atomic E-state index is 13.3. The lowest BCUT2D eigenvalue weighted by Gasteiger charge is -2.39. The summed E-state index contributed by atoms with van der Waals surface area (Å²) in [4.78, 5) is 37.6. The second-order valence-electron chi connectivity index (χ2n) is 9.09. The van der Waals surface area contributed by atoms with E-state index >= 15 is 0 Å². The number of piperazine rings is 1. The lowest BCUT2D eigenvalue weighted by molar-refractivity contribution is -0.115. The molecule has 1 N–H and O–H groups in total. The number of fused-ring (bicyclic) bond motifs is 1. The van der Waals surface area contributed by atoms with E-state index in [1.807, 2.05) is 41.4 Å². The molecule has 2 aromatic rings. The fraction of sp³-hybridized carbons (Fsp3) is 0.480. The fourth-order valence-electron chi connectivity index (χ4n) is 5.00. The van der Waals surface area contributed by atoms with Crippen molar-refractivity contribution in [1.82, 2.24) is 14.8 Å². The lowest BCUT2D eigenvalue weighted by Crippen LogP contribution is -2.50. The third-order valence-corrected chi connectivity index (χ3v) is 7.83. The monoisotopic (exact) mass is 465 g/mol. The van der Waals surface area contributed by atoms with Crippen LogP contribution in [0.5, 0.6) is 0 Å². The van der Waals surface area contributed by atoms with Gasteiger partial charge in [-0.05, 0) is 49.1 Å². The summed E-state index contributed by atoms with van der Waals surface area (Å²) in [5, 5.41) is 2.95. The zero-order valence-corrected chi connectivity index (χ0v) is 19.7. The normalized spacial score (nSPS) is 21.8. The van der Waals surface area contributed by atoms with Crippen molar-refractivity contribution in [3.05, 3.63) is 48.2 Å². The molecule has 2 amide bonds. The van der Waals surface area contributed by atoms with Crippen molar-refractivity contribution in [3.8, 4) is 0 Å². The first-order chi connectivity index (χ1) is 16.2. The minimum Gasteiger partial charge on any atom is -0.354 e. The Hall–Kier alpha value is -2.58. The van der Waals surface area contributed by atoms with E-state index in [1.165, 1.54) is 6.42 Å². The second kappa shape index (κ2) is 10.1. The van der Waals surface area contributed by atoms with Gasteiger partial charge in [0, 0.05) is 74.6 Å². The number of nitrogens with zero attached hydrogens (tertiary/aromatic N) is 4. The number of thioether (sulfide) groups is 1. The number of pyridine rings is 1. The molecule has 0 saturated carbocycles. The van der Waals surface area contributed by atoms with Crippen LogP contribution in [-0.4, -0.2) is 78.2 Å². The number of nitrogens with one attached hydrogen (secondary N) is 1. The molecular formula is C25H31N5O2S. The van der Waals surface area contributed by atoms with Gasteiger partial charge in [0.15, 0.2) is 0 Å². The number of hydrogen-bond donors (Lipinski definition) is 1. The Morgan fingerprint density at radius 1 is 1.12 bits per heavy atom. The van der Waals surface area contributed by atoms with Crippen LogP contribution in [0.2, 0.25) is 0 Å². The van der Waals surface area contributed by atoms with Crippen molar-refractivity contribution >= 4 is 35.1 Å². The minimum atomic E-state index is 0.0204. The molecule has 1 unspecified atom stereocenters. The smallest absolute Gasteiger partial charge is 0.253 e. The fourth-order valence-corrected chi connectivity index (χ4v) is 5.94. The first kappa shape index (κ1) is 22.2.